The zero-order valence-corrected chi connectivity index (χ0v) is 12.0. The predicted octanol–water partition coefficient (Wildman–Crippen LogP) is 4.28. The Balaban J connectivity index is 3.46. The minimum atomic E-state index is 0.240. The first-order valence-corrected chi connectivity index (χ1v) is 6.01. The van der Waals surface area contributed by atoms with Gasteiger partial charge < -0.3 is 5.11 Å². The SMILES string of the molecule is Oc1cc(Br)c(Br)c(I)c1Br. The van der Waals surface area contributed by atoms with Crippen LogP contribution in [-0.4, -0.2) is 5.11 Å². The number of phenols is 1. The highest BCUT2D eigenvalue weighted by Gasteiger charge is 2.09. The van der Waals surface area contributed by atoms with E-state index in [9.17, 15) is 5.11 Å². The van der Waals surface area contributed by atoms with Crippen LogP contribution in [0.2, 0.25) is 0 Å². The summed E-state index contributed by atoms with van der Waals surface area (Å²) in [6.07, 6.45) is 0. The lowest BCUT2D eigenvalue weighted by Crippen LogP contribution is -1.80. The van der Waals surface area contributed by atoms with Crippen LogP contribution in [0, 0.1) is 3.57 Å². The number of halogens is 4. The van der Waals surface area contributed by atoms with Gasteiger partial charge in [0.25, 0.3) is 0 Å². The lowest BCUT2D eigenvalue weighted by molar-refractivity contribution is 0.471. The van der Waals surface area contributed by atoms with Gasteiger partial charge in [-0.15, -0.1) is 0 Å². The van der Waals surface area contributed by atoms with Crippen molar-refractivity contribution in [2.24, 2.45) is 0 Å². The predicted molar refractivity (Wildman–Crippen MR) is 63.9 cm³/mol. The zero-order chi connectivity index (χ0) is 8.59. The van der Waals surface area contributed by atoms with Gasteiger partial charge in [0.05, 0.1) is 4.47 Å². The molecule has 0 amide bonds. The highest BCUT2D eigenvalue weighted by molar-refractivity contribution is 14.1. The minimum Gasteiger partial charge on any atom is -0.507 e. The van der Waals surface area contributed by atoms with Crippen molar-refractivity contribution in [2.75, 3.05) is 0 Å². The third kappa shape index (κ3) is 2.10. The van der Waals surface area contributed by atoms with E-state index in [1.54, 1.807) is 6.07 Å². The number of phenolic OH excluding ortho intramolecular Hbond substituents is 1. The number of rotatable bonds is 0. The van der Waals surface area contributed by atoms with Crippen molar-refractivity contribution >= 4 is 70.4 Å². The van der Waals surface area contributed by atoms with Crippen LogP contribution in [0.25, 0.3) is 0 Å². The van der Waals surface area contributed by atoms with E-state index < -0.39 is 0 Å². The van der Waals surface area contributed by atoms with Crippen LogP contribution in [0.5, 0.6) is 5.75 Å². The van der Waals surface area contributed by atoms with Crippen LogP contribution in [-0.2, 0) is 0 Å². The van der Waals surface area contributed by atoms with Gasteiger partial charge >= 0.3 is 0 Å². The lowest BCUT2D eigenvalue weighted by atomic mass is 10.3. The van der Waals surface area contributed by atoms with E-state index in [0.29, 0.717) is 4.47 Å². The monoisotopic (exact) mass is 454 g/mol. The Morgan fingerprint density at radius 3 is 2.27 bits per heavy atom. The lowest BCUT2D eigenvalue weighted by Gasteiger charge is -2.04. The molecule has 0 saturated heterocycles. The number of hydrogen-bond acceptors (Lipinski definition) is 1. The molecule has 0 bridgehead atoms. The van der Waals surface area contributed by atoms with E-state index >= 15 is 0 Å². The second-order valence-electron chi connectivity index (χ2n) is 1.82. The summed E-state index contributed by atoms with van der Waals surface area (Å²) in [5, 5.41) is 9.30. The molecule has 0 radical (unpaired) electrons. The van der Waals surface area contributed by atoms with Gasteiger partial charge in [0.1, 0.15) is 5.75 Å². The molecule has 11 heavy (non-hydrogen) atoms. The van der Waals surface area contributed by atoms with Gasteiger partial charge in [-0.25, -0.2) is 0 Å². The van der Waals surface area contributed by atoms with E-state index in [1.807, 2.05) is 0 Å². The molecule has 0 atom stereocenters. The molecule has 1 rings (SSSR count). The summed E-state index contributed by atoms with van der Waals surface area (Å²) < 4.78 is 3.47. The Morgan fingerprint density at radius 1 is 1.18 bits per heavy atom. The summed E-state index contributed by atoms with van der Waals surface area (Å²) in [5.41, 5.74) is 0. The Morgan fingerprint density at radius 2 is 1.73 bits per heavy atom. The summed E-state index contributed by atoms with van der Waals surface area (Å²) in [5.74, 6) is 0.240. The molecule has 1 aromatic rings. The zero-order valence-electron chi connectivity index (χ0n) is 5.04. The molecule has 1 aromatic carbocycles. The fraction of sp³-hybridized carbons (Fsp3) is 0. The van der Waals surface area contributed by atoms with Gasteiger partial charge in [-0.05, 0) is 76.4 Å². The van der Waals surface area contributed by atoms with Crippen molar-refractivity contribution in [3.63, 3.8) is 0 Å². The van der Waals surface area contributed by atoms with Gasteiger partial charge in [-0.2, -0.15) is 0 Å². The molecule has 0 saturated carbocycles. The van der Waals surface area contributed by atoms with Crippen LogP contribution >= 0.6 is 70.4 Å². The summed E-state index contributed by atoms with van der Waals surface area (Å²) in [4.78, 5) is 0. The Bertz CT molecular complexity index is 274. The highest BCUT2D eigenvalue weighted by atomic mass is 127. The summed E-state index contributed by atoms with van der Waals surface area (Å²) in [7, 11) is 0. The van der Waals surface area contributed by atoms with Crippen LogP contribution in [0.15, 0.2) is 19.5 Å². The first-order valence-electron chi connectivity index (χ1n) is 2.56. The maximum absolute atomic E-state index is 9.30. The van der Waals surface area contributed by atoms with Gasteiger partial charge in [-0.1, -0.05) is 0 Å². The van der Waals surface area contributed by atoms with Gasteiger partial charge in [-0.3, -0.25) is 0 Å². The molecular formula is C6H2Br3IO. The second-order valence-corrected chi connectivity index (χ2v) is 5.34. The summed E-state index contributed by atoms with van der Waals surface area (Å²) >= 11 is 12.1. The van der Waals surface area contributed by atoms with E-state index in [1.165, 1.54) is 0 Å². The third-order valence-corrected chi connectivity index (χ3v) is 6.43. The van der Waals surface area contributed by atoms with Crippen LogP contribution in [0.4, 0.5) is 0 Å². The molecule has 0 fully saturated rings. The van der Waals surface area contributed by atoms with E-state index in [-0.39, 0.29) is 5.75 Å². The normalized spacial score (nSPS) is 10.2. The average Bonchev–Trinajstić information content (AvgIpc) is 1.97. The van der Waals surface area contributed by atoms with E-state index in [0.717, 1.165) is 12.5 Å². The number of hydrogen-bond donors (Lipinski definition) is 1. The molecule has 0 aliphatic heterocycles. The molecule has 0 unspecified atom stereocenters. The quantitative estimate of drug-likeness (QED) is 0.351. The van der Waals surface area contributed by atoms with Gasteiger partial charge in [0.15, 0.2) is 0 Å². The van der Waals surface area contributed by atoms with Crippen molar-refractivity contribution < 1.29 is 5.11 Å². The van der Waals surface area contributed by atoms with Crippen LogP contribution in [0.3, 0.4) is 0 Å². The molecule has 0 aliphatic carbocycles. The fourth-order valence-corrected chi connectivity index (χ4v) is 2.80. The first kappa shape index (κ1) is 10.3. The standard InChI is InChI=1S/C6H2Br3IO/c7-2-1-3(11)5(9)6(10)4(2)8/h1,11H. The van der Waals surface area contributed by atoms with E-state index in [2.05, 4.69) is 70.4 Å². The maximum atomic E-state index is 9.30. The van der Waals surface area contributed by atoms with Crippen molar-refractivity contribution in [1.82, 2.24) is 0 Å². The molecule has 0 aliphatic rings. The van der Waals surface area contributed by atoms with E-state index in [4.69, 9.17) is 0 Å². The second kappa shape index (κ2) is 3.93. The topological polar surface area (TPSA) is 20.2 Å². The van der Waals surface area contributed by atoms with Crippen LogP contribution in [0.1, 0.15) is 0 Å². The average molecular weight is 457 g/mol. The first-order chi connectivity index (χ1) is 5.04. The fourth-order valence-electron chi connectivity index (χ4n) is 0.560. The molecule has 0 heterocycles. The third-order valence-electron chi connectivity index (χ3n) is 1.08. The Labute approximate surface area is 103 Å². The molecule has 1 N–H and O–H groups in total. The molecule has 5 heteroatoms. The van der Waals surface area contributed by atoms with Crippen molar-refractivity contribution in [3.8, 4) is 5.75 Å². The largest absolute Gasteiger partial charge is 0.507 e. The van der Waals surface area contributed by atoms with Gasteiger partial charge in [0.2, 0.25) is 0 Å². The highest BCUT2D eigenvalue weighted by Crippen LogP contribution is 2.39. The maximum Gasteiger partial charge on any atom is 0.132 e. The molecule has 0 spiro atoms. The molecule has 0 aromatic heterocycles. The number of benzene rings is 1. The Hall–Kier alpha value is 1.19. The smallest absolute Gasteiger partial charge is 0.132 e. The summed E-state index contributed by atoms with van der Waals surface area (Å²) in [6.45, 7) is 0. The Kier molecular flexibility index (Phi) is 3.67. The van der Waals surface area contributed by atoms with Crippen molar-refractivity contribution in [3.05, 3.63) is 23.1 Å². The number of aromatic hydroxyl groups is 1. The molecular weight excluding hydrogens is 455 g/mol. The molecule has 1 nitrogen and oxygen atoms in total. The summed E-state index contributed by atoms with van der Waals surface area (Å²) in [6, 6.07) is 1.64. The minimum absolute atomic E-state index is 0.240. The van der Waals surface area contributed by atoms with Crippen LogP contribution < -0.4 is 0 Å². The van der Waals surface area contributed by atoms with Crippen molar-refractivity contribution in [2.45, 2.75) is 0 Å². The molecule has 60 valence electrons. The van der Waals surface area contributed by atoms with Crippen molar-refractivity contribution in [1.29, 1.82) is 0 Å². The van der Waals surface area contributed by atoms with Gasteiger partial charge in [0, 0.05) is 12.5 Å².